The Labute approximate surface area is 108 Å². The predicted molar refractivity (Wildman–Crippen MR) is 68.8 cm³/mol. The van der Waals surface area contributed by atoms with Crippen LogP contribution in [0.15, 0.2) is 18.2 Å². The summed E-state index contributed by atoms with van der Waals surface area (Å²) in [5.74, 6) is 0.900. The lowest BCUT2D eigenvalue weighted by Gasteiger charge is -2.22. The third kappa shape index (κ3) is 2.52. The summed E-state index contributed by atoms with van der Waals surface area (Å²) in [4.78, 5) is 0. The van der Waals surface area contributed by atoms with Gasteiger partial charge >= 0.3 is 0 Å². The Kier molecular flexibility index (Phi) is 3.52. The number of rotatable bonds is 3. The highest BCUT2D eigenvalue weighted by Gasteiger charge is 2.20. The summed E-state index contributed by atoms with van der Waals surface area (Å²) in [6.45, 7) is 1.51. The molecule has 3 rings (SSSR count). The van der Waals surface area contributed by atoms with E-state index in [4.69, 9.17) is 9.47 Å². The topological polar surface area (TPSA) is 38.7 Å². The van der Waals surface area contributed by atoms with Crippen LogP contribution in [0.1, 0.15) is 42.9 Å². The Morgan fingerprint density at radius 1 is 1.28 bits per heavy atom. The van der Waals surface area contributed by atoms with Gasteiger partial charge in [0.25, 0.3) is 0 Å². The number of ether oxygens (including phenoxy) is 2. The molecule has 1 fully saturated rings. The van der Waals surface area contributed by atoms with Crippen molar-refractivity contribution >= 4 is 0 Å². The van der Waals surface area contributed by atoms with Crippen LogP contribution in [0.25, 0.3) is 0 Å². The minimum atomic E-state index is -0.282. The van der Waals surface area contributed by atoms with E-state index in [0.717, 1.165) is 37.2 Å². The van der Waals surface area contributed by atoms with Gasteiger partial charge in [-0.25, -0.2) is 0 Å². The smallest absolute Gasteiger partial charge is 0.119 e. The molecule has 1 N–H and O–H groups in total. The largest absolute Gasteiger partial charge is 0.491 e. The van der Waals surface area contributed by atoms with E-state index in [1.165, 1.54) is 18.4 Å². The van der Waals surface area contributed by atoms with Crippen molar-refractivity contribution in [3.8, 4) is 5.75 Å². The molecular formula is C15H20O3. The highest BCUT2D eigenvalue weighted by atomic mass is 16.5. The van der Waals surface area contributed by atoms with E-state index in [9.17, 15) is 5.11 Å². The average molecular weight is 248 g/mol. The van der Waals surface area contributed by atoms with Crippen LogP contribution in [0.4, 0.5) is 0 Å². The number of aliphatic hydroxyl groups excluding tert-OH is 1. The molecule has 0 spiro atoms. The average Bonchev–Trinajstić information content (AvgIpc) is 2.79. The summed E-state index contributed by atoms with van der Waals surface area (Å²) >= 11 is 0. The quantitative estimate of drug-likeness (QED) is 0.893. The minimum absolute atomic E-state index is 0.248. The van der Waals surface area contributed by atoms with Crippen molar-refractivity contribution in [3.05, 3.63) is 29.3 Å². The minimum Gasteiger partial charge on any atom is -0.491 e. The first-order valence-electron chi connectivity index (χ1n) is 6.88. The van der Waals surface area contributed by atoms with Gasteiger partial charge in [-0.05, 0) is 55.4 Å². The third-order valence-corrected chi connectivity index (χ3v) is 3.87. The van der Waals surface area contributed by atoms with E-state index in [-0.39, 0.29) is 12.2 Å². The number of fused-ring (bicyclic) bond motifs is 1. The van der Waals surface area contributed by atoms with Crippen LogP contribution in [-0.2, 0) is 11.2 Å². The van der Waals surface area contributed by atoms with Crippen molar-refractivity contribution < 1.29 is 14.6 Å². The molecule has 2 aliphatic rings. The normalized spacial score (nSPS) is 26.9. The summed E-state index contributed by atoms with van der Waals surface area (Å²) in [5, 5.41) is 9.75. The summed E-state index contributed by atoms with van der Waals surface area (Å²) < 4.78 is 11.4. The van der Waals surface area contributed by atoms with Gasteiger partial charge in [-0.2, -0.15) is 0 Å². The van der Waals surface area contributed by atoms with Gasteiger partial charge in [0.2, 0.25) is 0 Å². The van der Waals surface area contributed by atoms with Crippen molar-refractivity contribution in [2.24, 2.45) is 0 Å². The summed E-state index contributed by atoms with van der Waals surface area (Å²) in [5.41, 5.74) is 2.29. The fourth-order valence-corrected chi connectivity index (χ4v) is 2.79. The van der Waals surface area contributed by atoms with E-state index >= 15 is 0 Å². The first-order valence-corrected chi connectivity index (χ1v) is 6.88. The molecule has 18 heavy (non-hydrogen) atoms. The van der Waals surface area contributed by atoms with Gasteiger partial charge in [0, 0.05) is 6.61 Å². The molecule has 1 saturated heterocycles. The summed E-state index contributed by atoms with van der Waals surface area (Å²) in [6, 6.07) is 6.01. The van der Waals surface area contributed by atoms with Crippen LogP contribution in [-0.4, -0.2) is 24.4 Å². The van der Waals surface area contributed by atoms with Gasteiger partial charge in [0.15, 0.2) is 0 Å². The molecule has 0 saturated carbocycles. The predicted octanol–water partition coefficient (Wildman–Crippen LogP) is 2.61. The van der Waals surface area contributed by atoms with Crippen molar-refractivity contribution in [3.63, 3.8) is 0 Å². The Bertz CT molecular complexity index is 410. The molecule has 3 heteroatoms. The second kappa shape index (κ2) is 5.29. The molecule has 1 unspecified atom stereocenters. The third-order valence-electron chi connectivity index (χ3n) is 3.87. The number of aryl methyl sites for hydroxylation is 1. The standard InChI is InChI=1S/C15H20O3/c16-15-7-4-11-9-12(5-6-14(11)15)18-10-13-3-1-2-8-17-13/h5-6,9,13,15-16H,1-4,7-8,10H2/t13?,15-/m1/s1. The molecule has 0 aromatic heterocycles. The van der Waals surface area contributed by atoms with E-state index in [2.05, 4.69) is 6.07 Å². The maximum Gasteiger partial charge on any atom is 0.119 e. The van der Waals surface area contributed by atoms with Gasteiger partial charge < -0.3 is 14.6 Å². The number of hydrogen-bond acceptors (Lipinski definition) is 3. The van der Waals surface area contributed by atoms with Gasteiger partial charge in [0.05, 0.1) is 12.2 Å². The number of aliphatic hydroxyl groups is 1. The van der Waals surface area contributed by atoms with E-state index in [1.54, 1.807) is 0 Å². The van der Waals surface area contributed by atoms with Crippen LogP contribution in [0.3, 0.4) is 0 Å². The first-order chi connectivity index (χ1) is 8.83. The van der Waals surface area contributed by atoms with Gasteiger partial charge in [-0.1, -0.05) is 6.07 Å². The van der Waals surface area contributed by atoms with E-state index in [0.29, 0.717) is 6.61 Å². The monoisotopic (exact) mass is 248 g/mol. The van der Waals surface area contributed by atoms with Crippen LogP contribution in [0.2, 0.25) is 0 Å². The van der Waals surface area contributed by atoms with E-state index in [1.807, 2.05) is 12.1 Å². The lowest BCUT2D eigenvalue weighted by molar-refractivity contribution is -0.0110. The zero-order chi connectivity index (χ0) is 12.4. The first kappa shape index (κ1) is 12.0. The SMILES string of the molecule is O[C@@H]1CCc2cc(OCC3CCCCO3)ccc21. The maximum atomic E-state index is 9.75. The summed E-state index contributed by atoms with van der Waals surface area (Å²) in [7, 11) is 0. The molecule has 0 amide bonds. The summed E-state index contributed by atoms with van der Waals surface area (Å²) in [6.07, 6.45) is 5.27. The lowest BCUT2D eigenvalue weighted by atomic mass is 10.1. The molecule has 1 aliphatic carbocycles. The Hall–Kier alpha value is -1.06. The van der Waals surface area contributed by atoms with Crippen molar-refractivity contribution in [1.29, 1.82) is 0 Å². The number of hydrogen-bond donors (Lipinski definition) is 1. The van der Waals surface area contributed by atoms with Gasteiger partial charge in [-0.3, -0.25) is 0 Å². The fraction of sp³-hybridized carbons (Fsp3) is 0.600. The van der Waals surface area contributed by atoms with Crippen LogP contribution < -0.4 is 4.74 Å². The van der Waals surface area contributed by atoms with Crippen LogP contribution in [0, 0.1) is 0 Å². The second-order valence-corrected chi connectivity index (χ2v) is 5.21. The molecule has 1 aromatic carbocycles. The highest BCUT2D eigenvalue weighted by molar-refractivity contribution is 5.39. The molecule has 3 nitrogen and oxygen atoms in total. The molecule has 2 atom stereocenters. The van der Waals surface area contributed by atoms with Gasteiger partial charge in [0.1, 0.15) is 12.4 Å². The molecule has 0 bridgehead atoms. The molecule has 1 aromatic rings. The maximum absolute atomic E-state index is 9.75. The van der Waals surface area contributed by atoms with Gasteiger partial charge in [-0.15, -0.1) is 0 Å². The molecule has 1 aliphatic heterocycles. The Balaban J connectivity index is 1.60. The van der Waals surface area contributed by atoms with Crippen LogP contribution in [0.5, 0.6) is 5.75 Å². The molecular weight excluding hydrogens is 228 g/mol. The zero-order valence-corrected chi connectivity index (χ0v) is 10.6. The Morgan fingerprint density at radius 2 is 2.22 bits per heavy atom. The number of benzene rings is 1. The van der Waals surface area contributed by atoms with E-state index < -0.39 is 0 Å². The molecule has 98 valence electrons. The molecule has 1 heterocycles. The van der Waals surface area contributed by atoms with Crippen molar-refractivity contribution in [2.45, 2.75) is 44.3 Å². The van der Waals surface area contributed by atoms with Crippen LogP contribution >= 0.6 is 0 Å². The molecule has 0 radical (unpaired) electrons. The Morgan fingerprint density at radius 3 is 3.06 bits per heavy atom. The fourth-order valence-electron chi connectivity index (χ4n) is 2.79. The second-order valence-electron chi connectivity index (χ2n) is 5.21. The van der Waals surface area contributed by atoms with Crippen molar-refractivity contribution in [2.75, 3.05) is 13.2 Å². The van der Waals surface area contributed by atoms with Crippen molar-refractivity contribution in [1.82, 2.24) is 0 Å². The zero-order valence-electron chi connectivity index (χ0n) is 10.6. The lowest BCUT2D eigenvalue weighted by Crippen LogP contribution is -2.25. The highest BCUT2D eigenvalue weighted by Crippen LogP contribution is 2.33.